The van der Waals surface area contributed by atoms with E-state index in [4.69, 9.17) is 14.2 Å². The molecule has 298 valence electrons. The van der Waals surface area contributed by atoms with Gasteiger partial charge in [0, 0.05) is 46.6 Å². The van der Waals surface area contributed by atoms with E-state index in [0.29, 0.717) is 13.0 Å². The summed E-state index contributed by atoms with van der Waals surface area (Å²) in [6.07, 6.45) is 3.06. The number of Topliss-reactive ketones (excluding diaryl/α,β-unsaturated/α-hetero) is 1. The van der Waals surface area contributed by atoms with Crippen molar-refractivity contribution in [3.8, 4) is 0 Å². The lowest BCUT2D eigenvalue weighted by molar-refractivity contribution is -0.149. The Balaban J connectivity index is 1.77. The van der Waals surface area contributed by atoms with Crippen LogP contribution in [0, 0.1) is 23.7 Å². The van der Waals surface area contributed by atoms with E-state index in [2.05, 4.69) is 24.5 Å². The Morgan fingerprint density at radius 3 is 2.23 bits per heavy atom. The molecule has 9 unspecified atom stereocenters. The molecule has 2 saturated heterocycles. The van der Waals surface area contributed by atoms with Crippen LogP contribution in [0.4, 0.5) is 0 Å². The maximum Gasteiger partial charge on any atom is 0.328 e. The van der Waals surface area contributed by atoms with Crippen molar-refractivity contribution in [1.82, 2.24) is 20.4 Å². The number of nitrogens with one attached hydrogen (secondary N) is 2. The Bertz CT molecular complexity index is 1370. The molecule has 0 aromatic heterocycles. The Morgan fingerprint density at radius 2 is 1.68 bits per heavy atom. The van der Waals surface area contributed by atoms with Crippen molar-refractivity contribution in [2.24, 2.45) is 23.7 Å². The zero-order valence-electron chi connectivity index (χ0n) is 33.8. The van der Waals surface area contributed by atoms with Gasteiger partial charge in [-0.15, -0.1) is 0 Å². The number of esters is 1. The first-order chi connectivity index (χ1) is 25.1. The van der Waals surface area contributed by atoms with Gasteiger partial charge in [0.05, 0.1) is 49.3 Å². The zero-order chi connectivity index (χ0) is 39.5. The average molecular weight is 743 g/mol. The SMILES string of the molecule is CCC(C)C(C(CC(=O)N1CCCC1C(OC)C(C)C(=O)NC(Cc1ccccc1)C(=O)OC)OC)N(C)C(=O)C(CC(=O)C1(C)CCCN1)C(C)C. The van der Waals surface area contributed by atoms with Crippen LogP contribution in [0.25, 0.3) is 0 Å². The normalized spacial score (nSPS) is 22.7. The van der Waals surface area contributed by atoms with Gasteiger partial charge in [-0.3, -0.25) is 19.2 Å². The Hall–Kier alpha value is -3.35. The molecule has 2 aliphatic heterocycles. The molecule has 3 amide bonds. The number of carbonyl (C=O) groups excluding carboxylic acids is 5. The van der Waals surface area contributed by atoms with Gasteiger partial charge in [-0.25, -0.2) is 4.79 Å². The Labute approximate surface area is 317 Å². The first-order valence-corrected chi connectivity index (χ1v) is 19.5. The average Bonchev–Trinajstić information content (AvgIpc) is 3.83. The fourth-order valence-corrected chi connectivity index (χ4v) is 8.22. The van der Waals surface area contributed by atoms with Gasteiger partial charge in [0.2, 0.25) is 17.7 Å². The zero-order valence-corrected chi connectivity index (χ0v) is 33.8. The molecule has 53 heavy (non-hydrogen) atoms. The smallest absolute Gasteiger partial charge is 0.328 e. The first-order valence-electron chi connectivity index (χ1n) is 19.5. The number of hydrogen-bond donors (Lipinski definition) is 2. The number of nitrogens with zero attached hydrogens (tertiary/aromatic N) is 2. The molecule has 2 aliphatic rings. The minimum atomic E-state index is -0.883. The molecule has 0 saturated carbocycles. The summed E-state index contributed by atoms with van der Waals surface area (Å²) in [5.74, 6) is -2.37. The van der Waals surface area contributed by atoms with E-state index < -0.39 is 47.6 Å². The van der Waals surface area contributed by atoms with Crippen molar-refractivity contribution in [2.45, 2.75) is 129 Å². The molecule has 1 aromatic carbocycles. The van der Waals surface area contributed by atoms with Gasteiger partial charge in [-0.2, -0.15) is 0 Å². The second-order valence-corrected chi connectivity index (χ2v) is 15.7. The number of carbonyl (C=O) groups is 5. The number of amides is 3. The predicted molar refractivity (Wildman–Crippen MR) is 204 cm³/mol. The highest BCUT2D eigenvalue weighted by molar-refractivity contribution is 5.93. The molecular weight excluding hydrogens is 676 g/mol. The van der Waals surface area contributed by atoms with Gasteiger partial charge >= 0.3 is 5.97 Å². The molecule has 2 N–H and O–H groups in total. The second kappa shape index (κ2) is 20.4. The van der Waals surface area contributed by atoms with Crippen LogP contribution < -0.4 is 10.6 Å². The highest BCUT2D eigenvalue weighted by Gasteiger charge is 2.44. The van der Waals surface area contributed by atoms with Crippen LogP contribution in [0.15, 0.2) is 30.3 Å². The van der Waals surface area contributed by atoms with Gasteiger partial charge in [-0.1, -0.05) is 71.4 Å². The van der Waals surface area contributed by atoms with Crippen LogP contribution in [0.3, 0.4) is 0 Å². The molecule has 3 rings (SSSR count). The molecular formula is C41H66N4O8. The van der Waals surface area contributed by atoms with Crippen LogP contribution in [0.5, 0.6) is 0 Å². The van der Waals surface area contributed by atoms with Gasteiger partial charge < -0.3 is 34.6 Å². The van der Waals surface area contributed by atoms with E-state index >= 15 is 0 Å². The molecule has 12 nitrogen and oxygen atoms in total. The summed E-state index contributed by atoms with van der Waals surface area (Å²) in [5, 5.41) is 6.20. The van der Waals surface area contributed by atoms with Crippen LogP contribution >= 0.6 is 0 Å². The third kappa shape index (κ3) is 11.1. The Kier molecular flexibility index (Phi) is 16.9. The van der Waals surface area contributed by atoms with Crippen molar-refractivity contribution in [1.29, 1.82) is 0 Å². The van der Waals surface area contributed by atoms with Crippen molar-refractivity contribution < 1.29 is 38.2 Å². The van der Waals surface area contributed by atoms with E-state index in [1.807, 2.05) is 51.1 Å². The predicted octanol–water partition coefficient (Wildman–Crippen LogP) is 4.18. The molecule has 1 aromatic rings. The fraction of sp³-hybridized carbons (Fsp3) is 0.732. The molecule has 2 fully saturated rings. The maximum absolute atomic E-state index is 14.2. The van der Waals surface area contributed by atoms with E-state index in [9.17, 15) is 24.0 Å². The quantitative estimate of drug-likeness (QED) is 0.188. The summed E-state index contributed by atoms with van der Waals surface area (Å²) < 4.78 is 17.0. The van der Waals surface area contributed by atoms with E-state index in [1.54, 1.807) is 30.9 Å². The summed E-state index contributed by atoms with van der Waals surface area (Å²) in [6, 6.07) is 7.73. The van der Waals surface area contributed by atoms with Crippen LogP contribution in [-0.2, 0) is 44.6 Å². The number of benzene rings is 1. The lowest BCUT2D eigenvalue weighted by Crippen LogP contribution is -2.55. The molecule has 2 heterocycles. The van der Waals surface area contributed by atoms with Gasteiger partial charge in [0.1, 0.15) is 6.04 Å². The lowest BCUT2D eigenvalue weighted by Gasteiger charge is -2.41. The molecule has 0 spiro atoms. The number of ketones is 1. The highest BCUT2D eigenvalue weighted by atomic mass is 16.5. The summed E-state index contributed by atoms with van der Waals surface area (Å²) in [5.41, 5.74) is 0.269. The first kappa shape index (κ1) is 44.0. The molecule has 0 bridgehead atoms. The Morgan fingerprint density at radius 1 is 1.00 bits per heavy atom. The van der Waals surface area contributed by atoms with Crippen LogP contribution in [0.1, 0.15) is 92.1 Å². The number of likely N-dealkylation sites (tertiary alicyclic amines) is 1. The van der Waals surface area contributed by atoms with Crippen molar-refractivity contribution >= 4 is 29.5 Å². The minimum Gasteiger partial charge on any atom is -0.467 e. The van der Waals surface area contributed by atoms with Gasteiger partial charge in [0.15, 0.2) is 5.78 Å². The maximum atomic E-state index is 14.2. The third-order valence-electron chi connectivity index (χ3n) is 11.9. The topological polar surface area (TPSA) is 144 Å². The van der Waals surface area contributed by atoms with Gasteiger partial charge in [-0.05, 0) is 56.6 Å². The minimum absolute atomic E-state index is 0.00249. The summed E-state index contributed by atoms with van der Waals surface area (Å²) in [6.45, 7) is 13.0. The van der Waals surface area contributed by atoms with E-state index in [-0.39, 0.29) is 60.6 Å². The summed E-state index contributed by atoms with van der Waals surface area (Å²) in [4.78, 5) is 71.7. The molecule has 0 radical (unpaired) electrons. The number of likely N-dealkylation sites (N-methyl/N-ethyl adjacent to an activating group) is 1. The lowest BCUT2D eigenvalue weighted by atomic mass is 9.82. The summed E-state index contributed by atoms with van der Waals surface area (Å²) >= 11 is 0. The largest absolute Gasteiger partial charge is 0.467 e. The highest BCUT2D eigenvalue weighted by Crippen LogP contribution is 2.32. The number of rotatable bonds is 20. The number of methoxy groups -OCH3 is 3. The van der Waals surface area contributed by atoms with Gasteiger partial charge in [0.25, 0.3) is 0 Å². The van der Waals surface area contributed by atoms with Crippen molar-refractivity contribution in [3.05, 3.63) is 35.9 Å². The second-order valence-electron chi connectivity index (χ2n) is 15.7. The van der Waals surface area contributed by atoms with Crippen molar-refractivity contribution in [2.75, 3.05) is 41.5 Å². The monoisotopic (exact) mass is 742 g/mol. The van der Waals surface area contributed by atoms with E-state index in [0.717, 1.165) is 37.8 Å². The standard InChI is InChI=1S/C41H66N4O8/c1-11-27(4)36(44(7)39(49)30(26(2)3)24-34(46)41(6)20-16-21-42-41)33(51-8)25-35(47)45-22-15-19-32(45)37(52-9)28(5)38(48)43-31(40(50)53-10)23-29-17-13-12-14-18-29/h12-14,17-18,26-28,30-33,36-37,42H,11,15-16,19-25H2,1-10H3,(H,43,48). The van der Waals surface area contributed by atoms with Crippen LogP contribution in [-0.4, -0.2) is 117 Å². The molecule has 0 aliphatic carbocycles. The summed E-state index contributed by atoms with van der Waals surface area (Å²) in [7, 11) is 6.17. The fourth-order valence-electron chi connectivity index (χ4n) is 8.22. The van der Waals surface area contributed by atoms with Crippen molar-refractivity contribution in [3.63, 3.8) is 0 Å². The number of hydrogen-bond acceptors (Lipinski definition) is 9. The molecule has 12 heteroatoms. The number of ether oxygens (including phenoxy) is 3. The van der Waals surface area contributed by atoms with E-state index in [1.165, 1.54) is 14.2 Å². The van der Waals surface area contributed by atoms with Crippen LogP contribution in [0.2, 0.25) is 0 Å². The third-order valence-corrected chi connectivity index (χ3v) is 11.9. The molecule has 9 atom stereocenters.